The third-order valence-corrected chi connectivity index (χ3v) is 9.62. The number of ether oxygens (including phenoxy) is 1. The number of carbonyl (C=O) groups excluding carboxylic acids is 1. The van der Waals surface area contributed by atoms with Gasteiger partial charge in [0.05, 0.1) is 35.0 Å². The van der Waals surface area contributed by atoms with Gasteiger partial charge >= 0.3 is 0 Å². The predicted octanol–water partition coefficient (Wildman–Crippen LogP) is 6.40. The van der Waals surface area contributed by atoms with Crippen molar-refractivity contribution < 1.29 is 17.9 Å². The number of dihydropyridines is 1. The lowest BCUT2D eigenvalue weighted by Crippen LogP contribution is -2.27. The number of allylic oxidation sites excluding steroid dienone is 5. The second kappa shape index (κ2) is 10.7. The first-order valence-corrected chi connectivity index (χ1v) is 15.3. The Morgan fingerprint density at radius 2 is 1.66 bits per heavy atom. The normalized spacial score (nSPS) is 20.4. The Labute approximate surface area is 247 Å². The van der Waals surface area contributed by atoms with E-state index in [1.165, 1.54) is 0 Å². The van der Waals surface area contributed by atoms with E-state index >= 15 is 0 Å². The van der Waals surface area contributed by atoms with Crippen LogP contribution < -0.4 is 4.74 Å². The van der Waals surface area contributed by atoms with Crippen LogP contribution in [0, 0.1) is 12.8 Å². The van der Waals surface area contributed by atoms with Crippen LogP contribution >= 0.6 is 15.9 Å². The fourth-order valence-corrected chi connectivity index (χ4v) is 7.25. The van der Waals surface area contributed by atoms with Crippen LogP contribution in [0.1, 0.15) is 29.2 Å². The first-order valence-electron chi connectivity index (χ1n) is 13.1. The summed E-state index contributed by atoms with van der Waals surface area (Å²) in [4.78, 5) is 18.3. The molecule has 3 aromatic rings. The van der Waals surface area contributed by atoms with Crippen LogP contribution in [0.3, 0.4) is 0 Å². The van der Waals surface area contributed by atoms with Crippen LogP contribution in [0.15, 0.2) is 122 Å². The Hall–Kier alpha value is -4.08. The lowest BCUT2D eigenvalue weighted by Gasteiger charge is -2.27. The smallest absolute Gasteiger partial charge is 0.279 e. The Kier molecular flexibility index (Phi) is 7.09. The van der Waals surface area contributed by atoms with Crippen LogP contribution in [0.4, 0.5) is 0 Å². The van der Waals surface area contributed by atoms with Gasteiger partial charge in [-0.15, -0.1) is 0 Å². The minimum Gasteiger partial charge on any atom is -0.496 e. The highest BCUT2D eigenvalue weighted by molar-refractivity contribution is 9.11. The van der Waals surface area contributed by atoms with E-state index in [1.807, 2.05) is 73.7 Å². The second-order valence-corrected chi connectivity index (χ2v) is 12.7. The maximum Gasteiger partial charge on any atom is 0.279 e. The first-order chi connectivity index (χ1) is 19.8. The molecule has 0 saturated heterocycles. The van der Waals surface area contributed by atoms with Crippen molar-refractivity contribution in [2.75, 3.05) is 7.11 Å². The van der Waals surface area contributed by atoms with Crippen molar-refractivity contribution in [3.05, 3.63) is 124 Å². The maximum atomic E-state index is 14.1. The van der Waals surface area contributed by atoms with E-state index in [4.69, 9.17) is 9.84 Å². The van der Waals surface area contributed by atoms with Crippen molar-refractivity contribution in [2.45, 2.75) is 24.3 Å². The van der Waals surface area contributed by atoms with Gasteiger partial charge in [-0.2, -0.15) is 17.9 Å². The van der Waals surface area contributed by atoms with Gasteiger partial charge < -0.3 is 4.74 Å². The molecule has 2 atom stereocenters. The number of fused-ring (bicyclic) bond motifs is 1. The Morgan fingerprint density at radius 3 is 2.39 bits per heavy atom. The molecule has 2 aliphatic heterocycles. The van der Waals surface area contributed by atoms with Crippen molar-refractivity contribution in [3.8, 4) is 5.75 Å². The number of aryl methyl sites for hydroxylation is 1. The van der Waals surface area contributed by atoms with Crippen molar-refractivity contribution in [2.24, 2.45) is 16.0 Å². The second-order valence-electron chi connectivity index (χ2n) is 9.96. The van der Waals surface area contributed by atoms with E-state index in [0.717, 1.165) is 25.6 Å². The van der Waals surface area contributed by atoms with E-state index in [0.29, 0.717) is 28.3 Å². The van der Waals surface area contributed by atoms with Gasteiger partial charge in [0, 0.05) is 22.4 Å². The van der Waals surface area contributed by atoms with E-state index in [-0.39, 0.29) is 17.2 Å². The third-order valence-electron chi connectivity index (χ3n) is 7.39. The Morgan fingerprint density at radius 1 is 0.951 bits per heavy atom. The molecule has 0 bridgehead atoms. The monoisotopic (exact) mass is 627 g/mol. The molecule has 3 aliphatic rings. The van der Waals surface area contributed by atoms with Gasteiger partial charge in [0.25, 0.3) is 15.9 Å². The predicted molar refractivity (Wildman–Crippen MR) is 163 cm³/mol. The lowest BCUT2D eigenvalue weighted by molar-refractivity contribution is -0.113. The van der Waals surface area contributed by atoms with Gasteiger partial charge in [-0.1, -0.05) is 88.2 Å². The molecular formula is C32H26BrN3O4S. The first kappa shape index (κ1) is 27.1. The number of rotatable bonds is 6. The molecule has 2 unspecified atom stereocenters. The van der Waals surface area contributed by atoms with E-state index in [2.05, 4.69) is 20.9 Å². The number of sulfonamides is 1. The summed E-state index contributed by atoms with van der Waals surface area (Å²) in [6.07, 6.45) is 5.86. The molecule has 0 saturated carbocycles. The summed E-state index contributed by atoms with van der Waals surface area (Å²) in [6, 6.07) is 22.8. The highest BCUT2D eigenvalue weighted by atomic mass is 79.9. The van der Waals surface area contributed by atoms with Gasteiger partial charge in [0.1, 0.15) is 5.75 Å². The highest BCUT2D eigenvalue weighted by Crippen LogP contribution is 2.44. The number of aliphatic imine (C=N–C) groups is 1. The zero-order valence-electron chi connectivity index (χ0n) is 22.4. The molecule has 7 nitrogen and oxygen atoms in total. The molecule has 2 heterocycles. The molecular weight excluding hydrogens is 602 g/mol. The maximum absolute atomic E-state index is 14.1. The fourth-order valence-electron chi connectivity index (χ4n) is 5.42. The van der Waals surface area contributed by atoms with Crippen molar-refractivity contribution in [1.29, 1.82) is 0 Å². The summed E-state index contributed by atoms with van der Waals surface area (Å²) < 4.78 is 35.8. The number of hydrazone groups is 1. The van der Waals surface area contributed by atoms with Crippen molar-refractivity contribution >= 4 is 48.9 Å². The van der Waals surface area contributed by atoms with Crippen molar-refractivity contribution in [1.82, 2.24) is 4.41 Å². The number of nitrogens with zero attached hydrogens (tertiary/aromatic N) is 3. The molecule has 0 radical (unpaired) electrons. The molecule has 1 amide bonds. The van der Waals surface area contributed by atoms with Gasteiger partial charge in [-0.05, 0) is 48.4 Å². The van der Waals surface area contributed by atoms with Gasteiger partial charge in [0.15, 0.2) is 0 Å². The summed E-state index contributed by atoms with van der Waals surface area (Å²) in [5, 5.41) is 4.71. The van der Waals surface area contributed by atoms with Gasteiger partial charge in [0.2, 0.25) is 0 Å². The zero-order chi connectivity index (χ0) is 28.7. The van der Waals surface area contributed by atoms with Crippen LogP contribution in [0.25, 0.3) is 5.57 Å². The molecule has 1 aliphatic carbocycles. The number of halogens is 1. The number of amides is 1. The topological polar surface area (TPSA) is 88.4 Å². The lowest BCUT2D eigenvalue weighted by atomic mass is 9.79. The molecule has 0 aromatic heterocycles. The molecule has 9 heteroatoms. The zero-order valence-corrected chi connectivity index (χ0v) is 24.8. The molecule has 3 aromatic carbocycles. The molecule has 0 spiro atoms. The number of carbonyl (C=O) groups is 1. The molecule has 0 N–H and O–H groups in total. The summed E-state index contributed by atoms with van der Waals surface area (Å²) in [5.41, 5.74) is 4.49. The SMILES string of the molecule is COc1ccccc1C1CC(C2=C(c3ccccc3)C3C=C(Br)C=CC3=NC2=O)=NN1S(=O)(=O)c1ccc(C)cc1. The largest absolute Gasteiger partial charge is 0.496 e. The van der Waals surface area contributed by atoms with Crippen LogP contribution in [0.2, 0.25) is 0 Å². The van der Waals surface area contributed by atoms with E-state index in [9.17, 15) is 13.2 Å². The standard InChI is InChI=1S/C32H26BrN3O4S/c1-20-12-15-23(16-13-20)41(38,39)36-28(24-10-6-7-11-29(24)40-2)19-27(35-36)31-30(21-8-4-3-5-9-21)25-18-22(33)14-17-26(25)34-32(31)37/h3-18,25,28H,19H2,1-2H3. The molecule has 6 rings (SSSR count). The quantitative estimate of drug-likeness (QED) is 0.316. The average molecular weight is 629 g/mol. The number of para-hydroxylation sites is 1. The number of hydrogen-bond donors (Lipinski definition) is 0. The molecule has 41 heavy (non-hydrogen) atoms. The molecule has 206 valence electrons. The van der Waals surface area contributed by atoms with E-state index in [1.54, 1.807) is 37.4 Å². The summed E-state index contributed by atoms with van der Waals surface area (Å²) in [6.45, 7) is 1.90. The van der Waals surface area contributed by atoms with Gasteiger partial charge in [-0.25, -0.2) is 4.99 Å². The van der Waals surface area contributed by atoms with Crippen LogP contribution in [0.5, 0.6) is 5.75 Å². The van der Waals surface area contributed by atoms with Crippen LogP contribution in [-0.4, -0.2) is 37.3 Å². The Bertz CT molecular complexity index is 1810. The summed E-state index contributed by atoms with van der Waals surface area (Å²) in [5.74, 6) is -0.215. The Balaban J connectivity index is 1.56. The summed E-state index contributed by atoms with van der Waals surface area (Å²) >= 11 is 3.57. The summed E-state index contributed by atoms with van der Waals surface area (Å²) in [7, 11) is -2.54. The van der Waals surface area contributed by atoms with Gasteiger partial charge in [-0.3, -0.25) is 4.79 Å². The average Bonchev–Trinajstić information content (AvgIpc) is 3.43. The van der Waals surface area contributed by atoms with E-state index < -0.39 is 22.0 Å². The number of hydrogen-bond acceptors (Lipinski definition) is 5. The van der Waals surface area contributed by atoms with Crippen LogP contribution in [-0.2, 0) is 14.8 Å². The number of benzene rings is 3. The highest BCUT2D eigenvalue weighted by Gasteiger charge is 2.43. The minimum absolute atomic E-state index is 0.116. The number of methoxy groups -OCH3 is 1. The minimum atomic E-state index is -4.09. The van der Waals surface area contributed by atoms with Crippen molar-refractivity contribution in [3.63, 3.8) is 0 Å². The fraction of sp³-hybridized carbons (Fsp3) is 0.156. The molecule has 0 fully saturated rings. The third kappa shape index (κ3) is 4.89.